The van der Waals surface area contributed by atoms with E-state index < -0.39 is 0 Å². The number of nitrogens with two attached hydrogens (primary N) is 1. The number of pyridine rings is 1. The van der Waals surface area contributed by atoms with Crippen LogP contribution in [0.15, 0.2) is 41.2 Å². The zero-order valence-corrected chi connectivity index (χ0v) is 13.8. The highest BCUT2D eigenvalue weighted by molar-refractivity contribution is 7.80. The molecular formula is C17H17N3O2S. The fourth-order valence-corrected chi connectivity index (χ4v) is 2.30. The lowest BCUT2D eigenvalue weighted by atomic mass is 10.1. The average Bonchev–Trinajstić information content (AvgIpc) is 2.56. The molecule has 0 bridgehead atoms. The molecule has 0 saturated heterocycles. The van der Waals surface area contributed by atoms with E-state index in [0.29, 0.717) is 17.2 Å². The molecule has 0 amide bonds. The molecule has 1 aromatic heterocycles. The number of thiocarbonyl (C=S) groups is 1. The molecule has 2 N–H and O–H groups in total. The van der Waals surface area contributed by atoms with Crippen LogP contribution in [0, 0.1) is 17.2 Å². The van der Waals surface area contributed by atoms with Crippen LogP contribution in [0.5, 0.6) is 5.75 Å². The van der Waals surface area contributed by atoms with Crippen molar-refractivity contribution in [2.75, 3.05) is 7.11 Å². The van der Waals surface area contributed by atoms with E-state index in [1.165, 1.54) is 6.07 Å². The Kier molecular flexibility index (Phi) is 5.14. The van der Waals surface area contributed by atoms with Crippen molar-refractivity contribution in [3.05, 3.63) is 52.3 Å². The van der Waals surface area contributed by atoms with Gasteiger partial charge in [0.25, 0.3) is 5.56 Å². The maximum Gasteiger partial charge on any atom is 0.268 e. The molecule has 0 saturated carbocycles. The van der Waals surface area contributed by atoms with Crippen molar-refractivity contribution in [2.24, 2.45) is 11.7 Å². The van der Waals surface area contributed by atoms with Crippen LogP contribution in [0.25, 0.3) is 11.3 Å². The number of hydrogen-bond acceptors (Lipinski definition) is 4. The second kappa shape index (κ2) is 7.07. The molecule has 1 atom stereocenters. The Labute approximate surface area is 139 Å². The fourth-order valence-electron chi connectivity index (χ4n) is 2.22. The highest BCUT2D eigenvalue weighted by atomic mass is 32.1. The van der Waals surface area contributed by atoms with Gasteiger partial charge < -0.3 is 15.0 Å². The molecular weight excluding hydrogens is 310 g/mol. The SMILES string of the molecule is COc1ccc(-c2ccc(C#N)c(=O)n2CC(C)C(N)=S)cc1. The molecule has 2 aromatic rings. The van der Waals surface area contributed by atoms with E-state index in [0.717, 1.165) is 11.3 Å². The molecule has 5 nitrogen and oxygen atoms in total. The minimum absolute atomic E-state index is 0.0948. The van der Waals surface area contributed by atoms with Crippen molar-refractivity contribution >= 4 is 17.2 Å². The summed E-state index contributed by atoms with van der Waals surface area (Å²) in [6, 6.07) is 12.6. The molecule has 23 heavy (non-hydrogen) atoms. The third kappa shape index (κ3) is 3.58. The van der Waals surface area contributed by atoms with E-state index in [1.54, 1.807) is 17.7 Å². The molecule has 0 aliphatic carbocycles. The predicted octanol–water partition coefficient (Wildman–Crippen LogP) is 2.32. The summed E-state index contributed by atoms with van der Waals surface area (Å²) in [6.07, 6.45) is 0. The normalized spacial score (nSPS) is 11.5. The Hall–Kier alpha value is -2.65. The molecule has 0 aliphatic rings. The number of hydrogen-bond donors (Lipinski definition) is 1. The average molecular weight is 327 g/mol. The summed E-state index contributed by atoms with van der Waals surface area (Å²) < 4.78 is 6.69. The number of methoxy groups -OCH3 is 1. The van der Waals surface area contributed by atoms with Crippen LogP contribution in [0.2, 0.25) is 0 Å². The first-order valence-corrected chi connectivity index (χ1v) is 7.46. The maximum atomic E-state index is 12.5. The van der Waals surface area contributed by atoms with Crippen molar-refractivity contribution < 1.29 is 4.74 Å². The third-order valence-corrected chi connectivity index (χ3v) is 4.02. The maximum absolute atomic E-state index is 12.5. The Morgan fingerprint density at radius 2 is 2.00 bits per heavy atom. The molecule has 1 aromatic carbocycles. The molecule has 2 rings (SSSR count). The van der Waals surface area contributed by atoms with Gasteiger partial charge in [-0.25, -0.2) is 0 Å². The first-order valence-electron chi connectivity index (χ1n) is 7.05. The Morgan fingerprint density at radius 3 is 2.52 bits per heavy atom. The quantitative estimate of drug-likeness (QED) is 0.852. The molecule has 1 unspecified atom stereocenters. The highest BCUT2D eigenvalue weighted by Gasteiger charge is 2.14. The van der Waals surface area contributed by atoms with Crippen LogP contribution in [0.3, 0.4) is 0 Å². The van der Waals surface area contributed by atoms with Crippen LogP contribution >= 0.6 is 12.2 Å². The zero-order chi connectivity index (χ0) is 17.0. The number of nitrogens with zero attached hydrogens (tertiary/aromatic N) is 2. The second-order valence-corrected chi connectivity index (χ2v) is 5.66. The number of nitriles is 1. The monoisotopic (exact) mass is 327 g/mol. The largest absolute Gasteiger partial charge is 0.497 e. The van der Waals surface area contributed by atoms with Gasteiger partial charge in [0.05, 0.1) is 17.8 Å². The first kappa shape index (κ1) is 16.7. The van der Waals surface area contributed by atoms with Crippen LogP contribution in [-0.2, 0) is 6.54 Å². The second-order valence-electron chi connectivity index (χ2n) is 5.19. The van der Waals surface area contributed by atoms with Gasteiger partial charge in [-0.15, -0.1) is 0 Å². The van der Waals surface area contributed by atoms with Gasteiger partial charge in [-0.3, -0.25) is 4.79 Å². The number of benzene rings is 1. The van der Waals surface area contributed by atoms with E-state index in [2.05, 4.69) is 0 Å². The molecule has 0 radical (unpaired) electrons. The summed E-state index contributed by atoms with van der Waals surface area (Å²) in [6.45, 7) is 2.18. The summed E-state index contributed by atoms with van der Waals surface area (Å²) in [4.78, 5) is 12.8. The van der Waals surface area contributed by atoms with Crippen LogP contribution < -0.4 is 16.0 Å². The van der Waals surface area contributed by atoms with Crippen molar-refractivity contribution in [2.45, 2.75) is 13.5 Å². The van der Waals surface area contributed by atoms with Crippen molar-refractivity contribution in [1.29, 1.82) is 5.26 Å². The van der Waals surface area contributed by atoms with Gasteiger partial charge in [-0.1, -0.05) is 19.1 Å². The smallest absolute Gasteiger partial charge is 0.268 e. The van der Waals surface area contributed by atoms with E-state index in [4.69, 9.17) is 28.0 Å². The van der Waals surface area contributed by atoms with Crippen molar-refractivity contribution in [1.82, 2.24) is 4.57 Å². The number of rotatable bonds is 5. The van der Waals surface area contributed by atoms with Crippen molar-refractivity contribution in [3.63, 3.8) is 0 Å². The zero-order valence-electron chi connectivity index (χ0n) is 12.9. The summed E-state index contributed by atoms with van der Waals surface area (Å²) in [5.41, 5.74) is 6.97. The summed E-state index contributed by atoms with van der Waals surface area (Å²) in [5.74, 6) is 0.571. The van der Waals surface area contributed by atoms with Crippen molar-refractivity contribution in [3.8, 4) is 23.1 Å². The molecule has 6 heteroatoms. The van der Waals surface area contributed by atoms with Gasteiger partial charge in [0.2, 0.25) is 0 Å². The van der Waals surface area contributed by atoms with E-state index in [-0.39, 0.29) is 17.0 Å². The van der Waals surface area contributed by atoms with Gasteiger partial charge in [0.1, 0.15) is 17.4 Å². The lowest BCUT2D eigenvalue weighted by Crippen LogP contribution is -2.31. The standard InChI is InChI=1S/C17H17N3O2S/c1-11(16(19)23)10-20-15(8-5-13(9-18)17(20)21)12-3-6-14(22-2)7-4-12/h3-8,11H,10H2,1-2H3,(H2,19,23). The minimum Gasteiger partial charge on any atom is -0.497 e. The van der Waals surface area contributed by atoms with Gasteiger partial charge >= 0.3 is 0 Å². The Morgan fingerprint density at radius 1 is 1.35 bits per heavy atom. The molecule has 0 spiro atoms. The van der Waals surface area contributed by atoms with Gasteiger partial charge in [-0.2, -0.15) is 5.26 Å². The Bertz CT molecular complexity index is 819. The predicted molar refractivity (Wildman–Crippen MR) is 93.4 cm³/mol. The molecule has 0 fully saturated rings. The van der Waals surface area contributed by atoms with E-state index in [1.807, 2.05) is 37.3 Å². The minimum atomic E-state index is -0.344. The lowest BCUT2D eigenvalue weighted by Gasteiger charge is -2.17. The van der Waals surface area contributed by atoms with E-state index in [9.17, 15) is 4.79 Å². The van der Waals surface area contributed by atoms with Gasteiger partial charge in [0, 0.05) is 12.5 Å². The fraction of sp³-hybridized carbons (Fsp3) is 0.235. The first-order chi connectivity index (χ1) is 11.0. The van der Waals surface area contributed by atoms with Crippen LogP contribution in [0.1, 0.15) is 12.5 Å². The van der Waals surface area contributed by atoms with Gasteiger partial charge in [0.15, 0.2) is 0 Å². The highest BCUT2D eigenvalue weighted by Crippen LogP contribution is 2.22. The molecule has 1 heterocycles. The van der Waals surface area contributed by atoms with E-state index >= 15 is 0 Å². The summed E-state index contributed by atoms with van der Waals surface area (Å²) in [7, 11) is 1.59. The topological polar surface area (TPSA) is 81.0 Å². The lowest BCUT2D eigenvalue weighted by molar-refractivity contribution is 0.415. The third-order valence-electron chi connectivity index (χ3n) is 3.62. The Balaban J connectivity index is 2.58. The van der Waals surface area contributed by atoms with Crippen LogP contribution in [-0.4, -0.2) is 16.7 Å². The van der Waals surface area contributed by atoms with Gasteiger partial charge in [-0.05, 0) is 42.0 Å². The summed E-state index contributed by atoms with van der Waals surface area (Å²) >= 11 is 5.00. The molecule has 118 valence electrons. The number of aromatic nitrogens is 1. The summed E-state index contributed by atoms with van der Waals surface area (Å²) in [5, 5.41) is 9.09. The van der Waals surface area contributed by atoms with Crippen LogP contribution in [0.4, 0.5) is 0 Å². The number of ether oxygens (including phenoxy) is 1. The molecule has 0 aliphatic heterocycles.